The molecule has 0 aliphatic carbocycles. The lowest BCUT2D eigenvalue weighted by Gasteiger charge is -2.20. The van der Waals surface area contributed by atoms with E-state index in [1.165, 1.54) is 63.1 Å². The highest BCUT2D eigenvalue weighted by atomic mass is 32.2. The average molecular weight is 667 g/mol. The minimum Gasteiger partial charge on any atom is -0.493 e. The summed E-state index contributed by atoms with van der Waals surface area (Å²) in [5, 5.41) is 13.4. The van der Waals surface area contributed by atoms with Gasteiger partial charge in [-0.1, -0.05) is 102 Å². The smallest absolute Gasteiger partial charge is 0.270 e. The molecule has 250 valence electrons. The van der Waals surface area contributed by atoms with Crippen molar-refractivity contribution in [2.75, 3.05) is 32.6 Å². The van der Waals surface area contributed by atoms with E-state index in [-0.39, 0.29) is 17.0 Å². The SMILES string of the molecule is CCCCCCCCCCCCN1C(=O)/C(=C\c2c(C)c(C#N)c(=O)n(CCC)c2NCCc2ccc(OC)c(OC)c2)SC1=S. The fraction of sp³-hybridized carbons (Fsp3) is 0.556. The van der Waals surface area contributed by atoms with Crippen LogP contribution in [-0.4, -0.2) is 47.0 Å². The number of benzene rings is 1. The van der Waals surface area contributed by atoms with Gasteiger partial charge in [0.1, 0.15) is 21.8 Å². The second-order valence-electron chi connectivity index (χ2n) is 11.7. The first-order valence-electron chi connectivity index (χ1n) is 16.7. The van der Waals surface area contributed by atoms with Crippen LogP contribution in [0.1, 0.15) is 107 Å². The van der Waals surface area contributed by atoms with Crippen LogP contribution in [0, 0.1) is 18.3 Å². The summed E-state index contributed by atoms with van der Waals surface area (Å²) in [6, 6.07) is 7.89. The van der Waals surface area contributed by atoms with Gasteiger partial charge in [0.05, 0.1) is 19.1 Å². The van der Waals surface area contributed by atoms with Gasteiger partial charge in [-0.15, -0.1) is 0 Å². The Morgan fingerprint density at radius 3 is 2.20 bits per heavy atom. The molecular formula is C36H50N4O4S2. The number of hydrogen-bond donors (Lipinski definition) is 1. The summed E-state index contributed by atoms with van der Waals surface area (Å²) in [5.41, 5.74) is 2.01. The zero-order chi connectivity index (χ0) is 33.5. The van der Waals surface area contributed by atoms with Crippen molar-refractivity contribution in [2.45, 2.75) is 104 Å². The summed E-state index contributed by atoms with van der Waals surface area (Å²) in [7, 11) is 3.21. The van der Waals surface area contributed by atoms with Crippen molar-refractivity contribution in [2.24, 2.45) is 0 Å². The number of carbonyl (C=O) groups excluding carboxylic acids is 1. The largest absolute Gasteiger partial charge is 0.493 e. The topological polar surface area (TPSA) is 96.6 Å². The molecule has 2 aromatic rings. The van der Waals surface area contributed by atoms with Crippen molar-refractivity contribution in [3.63, 3.8) is 0 Å². The molecule has 46 heavy (non-hydrogen) atoms. The molecule has 1 N–H and O–H groups in total. The van der Waals surface area contributed by atoms with Crippen LogP contribution >= 0.6 is 24.0 Å². The number of pyridine rings is 1. The van der Waals surface area contributed by atoms with E-state index in [9.17, 15) is 14.9 Å². The summed E-state index contributed by atoms with van der Waals surface area (Å²) < 4.78 is 13.0. The third-order valence-electron chi connectivity index (χ3n) is 8.36. The van der Waals surface area contributed by atoms with Gasteiger partial charge in [-0.05, 0) is 55.5 Å². The normalized spacial score (nSPS) is 13.8. The molecular weight excluding hydrogens is 617 g/mol. The average Bonchev–Trinajstić information content (AvgIpc) is 3.32. The molecule has 1 amide bonds. The number of rotatable bonds is 20. The molecule has 1 saturated heterocycles. The molecule has 2 heterocycles. The van der Waals surface area contributed by atoms with Gasteiger partial charge < -0.3 is 14.8 Å². The van der Waals surface area contributed by atoms with Crippen LogP contribution in [0.3, 0.4) is 0 Å². The molecule has 8 nitrogen and oxygen atoms in total. The molecule has 0 saturated carbocycles. The number of nitrogens with zero attached hydrogens (tertiary/aromatic N) is 3. The Balaban J connectivity index is 1.76. The van der Waals surface area contributed by atoms with Crippen LogP contribution in [-0.2, 0) is 17.8 Å². The van der Waals surface area contributed by atoms with Gasteiger partial charge in [-0.25, -0.2) is 0 Å². The molecule has 0 bridgehead atoms. The van der Waals surface area contributed by atoms with Crippen molar-refractivity contribution in [3.8, 4) is 17.6 Å². The lowest BCUT2D eigenvalue weighted by atomic mass is 10.0. The Bertz CT molecular complexity index is 1480. The second-order valence-corrected chi connectivity index (χ2v) is 13.4. The fourth-order valence-corrected chi connectivity index (χ4v) is 7.02. The number of ether oxygens (including phenoxy) is 2. The summed E-state index contributed by atoms with van der Waals surface area (Å²) in [6.07, 6.45) is 15.4. The van der Waals surface area contributed by atoms with Gasteiger partial charge in [-0.2, -0.15) is 5.26 Å². The highest BCUT2D eigenvalue weighted by molar-refractivity contribution is 8.26. The number of anilines is 1. The predicted octanol–water partition coefficient (Wildman–Crippen LogP) is 8.23. The number of carbonyl (C=O) groups is 1. The minimum absolute atomic E-state index is 0.0889. The molecule has 0 unspecified atom stereocenters. The van der Waals surface area contributed by atoms with Crippen LogP contribution in [0.25, 0.3) is 6.08 Å². The van der Waals surface area contributed by atoms with Crippen molar-refractivity contribution < 1.29 is 14.3 Å². The Morgan fingerprint density at radius 1 is 0.935 bits per heavy atom. The van der Waals surface area contributed by atoms with Gasteiger partial charge in [-0.3, -0.25) is 19.1 Å². The Hall–Kier alpha value is -3.29. The number of amides is 1. The van der Waals surface area contributed by atoms with E-state index in [1.807, 2.05) is 25.1 Å². The van der Waals surface area contributed by atoms with Gasteiger partial charge in [0.25, 0.3) is 11.5 Å². The van der Waals surface area contributed by atoms with Crippen molar-refractivity contribution in [1.29, 1.82) is 5.26 Å². The quantitative estimate of drug-likeness (QED) is 0.0858. The predicted molar refractivity (Wildman–Crippen MR) is 194 cm³/mol. The van der Waals surface area contributed by atoms with Crippen LogP contribution in [0.4, 0.5) is 5.82 Å². The first-order valence-corrected chi connectivity index (χ1v) is 17.9. The summed E-state index contributed by atoms with van der Waals surface area (Å²) in [6.45, 7) is 7.56. The Kier molecular flexibility index (Phi) is 15.7. The van der Waals surface area contributed by atoms with E-state index in [1.54, 1.807) is 36.7 Å². The van der Waals surface area contributed by atoms with Crippen molar-refractivity contribution >= 4 is 46.1 Å². The highest BCUT2D eigenvalue weighted by Gasteiger charge is 2.32. The Labute approximate surface area is 284 Å². The number of hydrogen-bond acceptors (Lipinski definition) is 8. The van der Waals surface area contributed by atoms with E-state index < -0.39 is 0 Å². The van der Waals surface area contributed by atoms with E-state index >= 15 is 0 Å². The van der Waals surface area contributed by atoms with Gasteiger partial charge in [0, 0.05) is 25.2 Å². The summed E-state index contributed by atoms with van der Waals surface area (Å²) >= 11 is 6.92. The number of unbranched alkanes of at least 4 members (excludes halogenated alkanes) is 9. The first-order chi connectivity index (χ1) is 22.3. The number of thiocarbonyl (C=S) groups is 1. The molecule has 1 aromatic carbocycles. The van der Waals surface area contributed by atoms with E-state index in [4.69, 9.17) is 21.7 Å². The number of nitriles is 1. The maximum atomic E-state index is 13.6. The maximum Gasteiger partial charge on any atom is 0.270 e. The summed E-state index contributed by atoms with van der Waals surface area (Å²) in [5.74, 6) is 1.79. The second kappa shape index (κ2) is 19.4. The maximum absolute atomic E-state index is 13.6. The molecule has 1 aliphatic rings. The molecule has 10 heteroatoms. The molecule has 0 spiro atoms. The third kappa shape index (κ3) is 9.85. The third-order valence-corrected chi connectivity index (χ3v) is 9.74. The molecule has 0 radical (unpaired) electrons. The van der Waals surface area contributed by atoms with E-state index in [2.05, 4.69) is 18.3 Å². The van der Waals surface area contributed by atoms with Crippen LogP contribution in [0.2, 0.25) is 0 Å². The molecule has 1 aliphatic heterocycles. The number of nitrogens with one attached hydrogen (secondary N) is 1. The van der Waals surface area contributed by atoms with Gasteiger partial charge >= 0.3 is 0 Å². The lowest BCUT2D eigenvalue weighted by molar-refractivity contribution is -0.122. The molecule has 1 fully saturated rings. The molecule has 0 atom stereocenters. The van der Waals surface area contributed by atoms with E-state index in [0.29, 0.717) is 70.1 Å². The van der Waals surface area contributed by atoms with Crippen molar-refractivity contribution in [1.82, 2.24) is 9.47 Å². The fourth-order valence-electron chi connectivity index (χ4n) is 5.73. The highest BCUT2D eigenvalue weighted by Crippen LogP contribution is 2.35. The summed E-state index contributed by atoms with van der Waals surface area (Å²) in [4.78, 5) is 29.2. The molecule has 1 aromatic heterocycles. The number of thioether (sulfide) groups is 1. The van der Waals surface area contributed by atoms with E-state index in [0.717, 1.165) is 18.4 Å². The first kappa shape index (κ1) is 37.2. The van der Waals surface area contributed by atoms with Crippen LogP contribution in [0.15, 0.2) is 27.9 Å². The van der Waals surface area contributed by atoms with Crippen LogP contribution < -0.4 is 20.3 Å². The van der Waals surface area contributed by atoms with Gasteiger partial charge in [0.15, 0.2) is 11.5 Å². The Morgan fingerprint density at radius 2 is 1.59 bits per heavy atom. The lowest BCUT2D eigenvalue weighted by Crippen LogP contribution is -2.29. The molecule has 3 rings (SSSR count). The number of methoxy groups -OCH3 is 2. The standard InChI is InChI=1S/C36H50N4O4S2/c1-6-8-9-10-11-12-13-14-15-16-22-40-35(42)32(46-36(40)45)24-28-26(3)29(25-37)34(41)39(21-7-2)33(28)38-20-19-27-17-18-30(43-4)31(23-27)44-5/h17-18,23-24,38H,6-16,19-22H2,1-5H3/b32-24+. The number of aromatic nitrogens is 1. The van der Waals surface area contributed by atoms with Crippen LogP contribution in [0.5, 0.6) is 11.5 Å². The monoisotopic (exact) mass is 666 g/mol. The van der Waals surface area contributed by atoms with Gasteiger partial charge in [0.2, 0.25) is 0 Å². The zero-order valence-corrected chi connectivity index (χ0v) is 29.8. The van der Waals surface area contributed by atoms with Crippen molar-refractivity contribution in [3.05, 3.63) is 55.7 Å². The minimum atomic E-state index is -0.332. The zero-order valence-electron chi connectivity index (χ0n) is 28.2.